The van der Waals surface area contributed by atoms with Crippen molar-refractivity contribution < 1.29 is 9.18 Å². The van der Waals surface area contributed by atoms with Gasteiger partial charge in [0, 0.05) is 18.6 Å². The zero-order valence-electron chi connectivity index (χ0n) is 17.3. The number of rotatable bonds is 4. The number of hydrogen-bond acceptors (Lipinski definition) is 5. The quantitative estimate of drug-likeness (QED) is 0.494. The molecule has 5 rings (SSSR count). The van der Waals surface area contributed by atoms with Crippen LogP contribution in [0.3, 0.4) is 0 Å². The number of anilines is 1. The molecule has 1 atom stereocenters. The molecule has 1 N–H and O–H groups in total. The largest absolute Gasteiger partial charge is 0.321 e. The summed E-state index contributed by atoms with van der Waals surface area (Å²) in [5.41, 5.74) is 3.16. The molecular formula is C23H22FN5OS. The Balaban J connectivity index is 1.36. The standard InChI is InChI=1S/C23H22FN5OS/c1-14-25-11-21(31-14)15-5-7-17(18(24)10-15)23(30)26-16-6-8-22-27-19(13-29(22)12-16)20-4-3-9-28(20)2/h5-8,10-13,20H,3-4,9H2,1-2H3,(H,26,30)/t20-/m1/s1. The van der Waals surface area contributed by atoms with Crippen LogP contribution in [0.2, 0.25) is 0 Å². The van der Waals surface area contributed by atoms with Crippen molar-refractivity contribution in [1.29, 1.82) is 0 Å². The van der Waals surface area contributed by atoms with Gasteiger partial charge in [-0.05, 0) is 63.2 Å². The van der Waals surface area contributed by atoms with E-state index in [1.165, 1.54) is 29.9 Å². The summed E-state index contributed by atoms with van der Waals surface area (Å²) in [4.78, 5) is 24.8. The predicted molar refractivity (Wildman–Crippen MR) is 120 cm³/mol. The summed E-state index contributed by atoms with van der Waals surface area (Å²) in [6.45, 7) is 2.98. The molecule has 0 saturated carbocycles. The zero-order chi connectivity index (χ0) is 21.5. The smallest absolute Gasteiger partial charge is 0.258 e. The van der Waals surface area contributed by atoms with Crippen LogP contribution >= 0.6 is 11.3 Å². The van der Waals surface area contributed by atoms with Crippen LogP contribution in [0.25, 0.3) is 16.1 Å². The van der Waals surface area contributed by atoms with Gasteiger partial charge in [-0.1, -0.05) is 6.07 Å². The van der Waals surface area contributed by atoms with Gasteiger partial charge in [-0.25, -0.2) is 14.4 Å². The van der Waals surface area contributed by atoms with Gasteiger partial charge in [0.25, 0.3) is 5.91 Å². The highest BCUT2D eigenvalue weighted by atomic mass is 32.1. The molecule has 0 aliphatic carbocycles. The summed E-state index contributed by atoms with van der Waals surface area (Å²) >= 11 is 1.49. The fourth-order valence-electron chi connectivity index (χ4n) is 4.08. The number of amides is 1. The van der Waals surface area contributed by atoms with Crippen LogP contribution in [0.5, 0.6) is 0 Å². The first-order valence-corrected chi connectivity index (χ1v) is 11.0. The molecule has 0 spiro atoms. The Bertz CT molecular complexity index is 1280. The third kappa shape index (κ3) is 3.84. The maximum Gasteiger partial charge on any atom is 0.258 e. The van der Waals surface area contributed by atoms with Gasteiger partial charge in [-0.3, -0.25) is 9.69 Å². The minimum atomic E-state index is -0.559. The number of fused-ring (bicyclic) bond motifs is 1. The number of imidazole rings is 1. The van der Waals surface area contributed by atoms with E-state index in [4.69, 9.17) is 4.98 Å². The average molecular weight is 436 g/mol. The number of hydrogen-bond donors (Lipinski definition) is 1. The molecule has 0 radical (unpaired) electrons. The first-order valence-electron chi connectivity index (χ1n) is 10.2. The van der Waals surface area contributed by atoms with Crippen molar-refractivity contribution in [2.45, 2.75) is 25.8 Å². The van der Waals surface area contributed by atoms with E-state index in [1.54, 1.807) is 18.3 Å². The van der Waals surface area contributed by atoms with Gasteiger partial charge in [-0.15, -0.1) is 11.3 Å². The van der Waals surface area contributed by atoms with Crippen molar-refractivity contribution in [3.63, 3.8) is 0 Å². The molecule has 31 heavy (non-hydrogen) atoms. The van der Waals surface area contributed by atoms with Crippen LogP contribution in [0.1, 0.15) is 39.9 Å². The maximum atomic E-state index is 14.7. The molecule has 1 aromatic carbocycles. The highest BCUT2D eigenvalue weighted by Gasteiger charge is 2.25. The Hall–Kier alpha value is -3.10. The van der Waals surface area contributed by atoms with Crippen LogP contribution in [0, 0.1) is 12.7 Å². The van der Waals surface area contributed by atoms with Crippen molar-refractivity contribution >= 4 is 28.6 Å². The van der Waals surface area contributed by atoms with Crippen LogP contribution in [-0.2, 0) is 0 Å². The average Bonchev–Trinajstić information content (AvgIpc) is 3.46. The van der Waals surface area contributed by atoms with E-state index < -0.39 is 11.7 Å². The van der Waals surface area contributed by atoms with Crippen LogP contribution in [0.4, 0.5) is 10.1 Å². The highest BCUT2D eigenvalue weighted by Crippen LogP contribution is 2.30. The van der Waals surface area contributed by atoms with E-state index >= 15 is 0 Å². The van der Waals surface area contributed by atoms with Crippen molar-refractivity contribution in [2.75, 3.05) is 18.9 Å². The number of thiazole rings is 1. The number of aromatic nitrogens is 3. The second-order valence-electron chi connectivity index (χ2n) is 7.88. The van der Waals surface area contributed by atoms with Crippen molar-refractivity contribution in [2.24, 2.45) is 0 Å². The van der Waals surface area contributed by atoms with E-state index in [0.717, 1.165) is 34.2 Å². The fraction of sp³-hybridized carbons (Fsp3) is 0.261. The molecule has 158 valence electrons. The van der Waals surface area contributed by atoms with E-state index in [2.05, 4.69) is 22.2 Å². The number of carbonyl (C=O) groups excluding carboxylic acids is 1. The van der Waals surface area contributed by atoms with Gasteiger partial charge in [0.1, 0.15) is 11.5 Å². The van der Waals surface area contributed by atoms with Gasteiger partial charge in [0.15, 0.2) is 0 Å². The summed E-state index contributed by atoms with van der Waals surface area (Å²) < 4.78 is 16.6. The lowest BCUT2D eigenvalue weighted by Crippen LogP contribution is -2.17. The summed E-state index contributed by atoms with van der Waals surface area (Å²) in [6.07, 6.45) is 7.80. The number of halogens is 1. The van der Waals surface area contributed by atoms with E-state index in [9.17, 15) is 9.18 Å². The van der Waals surface area contributed by atoms with Crippen LogP contribution in [0.15, 0.2) is 48.9 Å². The number of benzene rings is 1. The molecule has 1 amide bonds. The van der Waals surface area contributed by atoms with Gasteiger partial charge < -0.3 is 9.72 Å². The molecule has 1 aliphatic heterocycles. The third-order valence-electron chi connectivity index (χ3n) is 5.71. The lowest BCUT2D eigenvalue weighted by Gasteiger charge is -2.16. The van der Waals surface area contributed by atoms with Gasteiger partial charge in [-0.2, -0.15) is 0 Å². The SMILES string of the molecule is Cc1ncc(-c2ccc(C(=O)Nc3ccc4nc([C@H]5CCCN5C)cn4c3)c(F)c2)s1. The minimum Gasteiger partial charge on any atom is -0.321 e. The van der Waals surface area contributed by atoms with Crippen molar-refractivity contribution in [3.05, 3.63) is 71.0 Å². The summed E-state index contributed by atoms with van der Waals surface area (Å²) in [7, 11) is 2.11. The van der Waals surface area contributed by atoms with Crippen molar-refractivity contribution in [1.82, 2.24) is 19.3 Å². The molecular weight excluding hydrogens is 413 g/mol. The predicted octanol–water partition coefficient (Wildman–Crippen LogP) is 4.92. The Morgan fingerprint density at radius 3 is 2.84 bits per heavy atom. The molecule has 1 fully saturated rings. The second-order valence-corrected chi connectivity index (χ2v) is 9.11. The first kappa shape index (κ1) is 19.8. The molecule has 0 bridgehead atoms. The van der Waals surface area contributed by atoms with E-state index in [1.807, 2.05) is 29.8 Å². The molecule has 6 nitrogen and oxygen atoms in total. The van der Waals surface area contributed by atoms with Crippen molar-refractivity contribution in [3.8, 4) is 10.4 Å². The third-order valence-corrected chi connectivity index (χ3v) is 6.67. The fourth-order valence-corrected chi connectivity index (χ4v) is 4.85. The number of likely N-dealkylation sites (tertiary alicyclic amines) is 1. The lowest BCUT2D eigenvalue weighted by molar-refractivity contribution is 0.102. The molecule has 4 aromatic rings. The number of nitrogens with zero attached hydrogens (tertiary/aromatic N) is 4. The Kier molecular flexibility index (Phi) is 5.03. The molecule has 4 heterocycles. The molecule has 1 saturated heterocycles. The number of carbonyl (C=O) groups is 1. The summed E-state index contributed by atoms with van der Waals surface area (Å²) in [5, 5.41) is 3.71. The highest BCUT2D eigenvalue weighted by molar-refractivity contribution is 7.15. The lowest BCUT2D eigenvalue weighted by atomic mass is 10.1. The maximum absolute atomic E-state index is 14.7. The zero-order valence-corrected chi connectivity index (χ0v) is 18.1. The number of nitrogens with one attached hydrogen (secondary N) is 1. The van der Waals surface area contributed by atoms with Crippen LogP contribution in [-0.4, -0.2) is 38.8 Å². The van der Waals surface area contributed by atoms with E-state index in [-0.39, 0.29) is 5.56 Å². The van der Waals surface area contributed by atoms with Gasteiger partial charge >= 0.3 is 0 Å². The van der Waals surface area contributed by atoms with Gasteiger partial charge in [0.2, 0.25) is 0 Å². The molecule has 3 aromatic heterocycles. The summed E-state index contributed by atoms with van der Waals surface area (Å²) in [6, 6.07) is 8.61. The number of aryl methyl sites for hydroxylation is 1. The van der Waals surface area contributed by atoms with Crippen LogP contribution < -0.4 is 5.32 Å². The van der Waals surface area contributed by atoms with E-state index in [0.29, 0.717) is 17.3 Å². The Morgan fingerprint density at radius 2 is 2.13 bits per heavy atom. The summed E-state index contributed by atoms with van der Waals surface area (Å²) in [5.74, 6) is -1.05. The topological polar surface area (TPSA) is 62.5 Å². The normalized spacial score (nSPS) is 16.8. The molecule has 0 unspecified atom stereocenters. The Labute approximate surface area is 183 Å². The molecule has 1 aliphatic rings. The second kappa shape index (κ2) is 7.86. The minimum absolute atomic E-state index is 0.00369. The monoisotopic (exact) mass is 435 g/mol. The first-order chi connectivity index (χ1) is 15.0. The number of pyridine rings is 1. The van der Waals surface area contributed by atoms with Gasteiger partial charge in [0.05, 0.1) is 32.9 Å². The Morgan fingerprint density at radius 1 is 1.26 bits per heavy atom. The molecule has 8 heteroatoms.